The number of benzene rings is 3. The van der Waals surface area contributed by atoms with Crippen LogP contribution in [0.3, 0.4) is 0 Å². The van der Waals surface area contributed by atoms with Gasteiger partial charge in [-0.2, -0.15) is 0 Å². The predicted octanol–water partition coefficient (Wildman–Crippen LogP) is 5.48. The molecule has 1 aromatic heterocycles. The predicted molar refractivity (Wildman–Crippen MR) is 156 cm³/mol. The fraction of sp³-hybridized carbons (Fsp3) is 0.344. The zero-order chi connectivity index (χ0) is 27.7. The van der Waals surface area contributed by atoms with E-state index in [1.807, 2.05) is 52.0 Å². The number of fused-ring (bicyclic) bond motifs is 4. The number of ether oxygens (including phenoxy) is 1. The summed E-state index contributed by atoms with van der Waals surface area (Å²) in [7, 11) is -3.79. The Bertz CT molecular complexity index is 1710. The molecule has 3 atom stereocenters. The van der Waals surface area contributed by atoms with E-state index >= 15 is 0 Å². The van der Waals surface area contributed by atoms with Crippen LogP contribution in [0.15, 0.2) is 77.8 Å². The number of nitrogens with zero attached hydrogens (tertiary/aromatic N) is 1. The molecule has 0 radical (unpaired) electrons. The molecule has 0 amide bonds. The number of carbonyl (C=O) groups excluding carboxylic acids is 1. The molecular weight excluding hydrogens is 573 g/mol. The summed E-state index contributed by atoms with van der Waals surface area (Å²) in [5.74, 6) is -0.115. The van der Waals surface area contributed by atoms with Crippen molar-refractivity contribution >= 4 is 46.1 Å². The van der Waals surface area contributed by atoms with Gasteiger partial charge in [0.2, 0.25) is 0 Å². The topological polar surface area (TPSA) is 65.4 Å². The Morgan fingerprint density at radius 1 is 0.974 bits per heavy atom. The first-order valence-corrected chi connectivity index (χ1v) is 16.8. The molecule has 6 rings (SSSR count). The fourth-order valence-electron chi connectivity index (χ4n) is 6.71. The van der Waals surface area contributed by atoms with E-state index in [4.69, 9.17) is 4.74 Å². The number of ketones is 1. The molecule has 0 saturated carbocycles. The maximum atomic E-state index is 14.1. The second-order valence-electron chi connectivity index (χ2n) is 11.7. The molecule has 202 valence electrons. The normalized spacial score (nSPS) is 24.1. The molecule has 1 saturated heterocycles. The van der Waals surface area contributed by atoms with Gasteiger partial charge in [-0.3, -0.25) is 0 Å². The molecule has 3 aromatic carbocycles. The van der Waals surface area contributed by atoms with Gasteiger partial charge in [0.1, 0.15) is 0 Å². The molecule has 2 heterocycles. The van der Waals surface area contributed by atoms with Crippen molar-refractivity contribution < 1.29 is 17.9 Å². The van der Waals surface area contributed by atoms with E-state index in [1.165, 1.54) is 8.43 Å². The van der Waals surface area contributed by atoms with Gasteiger partial charge in [-0.1, -0.05) is 5.56 Å². The summed E-state index contributed by atoms with van der Waals surface area (Å²) in [6.45, 7) is 10.1. The van der Waals surface area contributed by atoms with E-state index in [0.29, 0.717) is 17.5 Å². The van der Waals surface area contributed by atoms with Gasteiger partial charge >= 0.3 is 225 Å². The van der Waals surface area contributed by atoms with Crippen LogP contribution < -0.4 is 4.46 Å². The molecule has 7 heteroatoms. The van der Waals surface area contributed by atoms with E-state index in [1.54, 1.807) is 24.4 Å². The third-order valence-electron chi connectivity index (χ3n) is 8.48. The Balaban J connectivity index is 1.44. The van der Waals surface area contributed by atoms with Crippen LogP contribution in [0.4, 0.5) is 0 Å². The molecule has 1 aliphatic heterocycles. The Morgan fingerprint density at radius 2 is 1.67 bits per heavy atom. The molecule has 1 aliphatic carbocycles. The first kappa shape index (κ1) is 26.5. The Kier molecular flexibility index (Phi) is 6.23. The van der Waals surface area contributed by atoms with E-state index < -0.39 is 21.2 Å². The summed E-state index contributed by atoms with van der Waals surface area (Å²) in [6.07, 6.45) is 2.38. The molecular formula is C32H33NO4SSe. The molecule has 39 heavy (non-hydrogen) atoms. The minimum atomic E-state index is -3.79. The van der Waals surface area contributed by atoms with Crippen LogP contribution >= 0.6 is 0 Å². The van der Waals surface area contributed by atoms with Gasteiger partial charge in [0, 0.05) is 0 Å². The van der Waals surface area contributed by atoms with E-state index in [9.17, 15) is 13.2 Å². The quantitative estimate of drug-likeness (QED) is 0.282. The third-order valence-corrected chi connectivity index (χ3v) is 12.9. The molecule has 0 bridgehead atoms. The van der Waals surface area contributed by atoms with Crippen LogP contribution in [0.2, 0.25) is 5.32 Å². The van der Waals surface area contributed by atoms with Crippen molar-refractivity contribution in [1.82, 2.24) is 3.97 Å². The Hall–Kier alpha value is -2.70. The Labute approximate surface area is 236 Å². The zero-order valence-corrected chi connectivity index (χ0v) is 25.4. The van der Waals surface area contributed by atoms with Gasteiger partial charge < -0.3 is 0 Å². The summed E-state index contributed by atoms with van der Waals surface area (Å²) in [6, 6.07) is 21.0. The van der Waals surface area contributed by atoms with Crippen LogP contribution in [0, 0.1) is 25.7 Å². The number of aromatic nitrogens is 1. The molecule has 1 fully saturated rings. The van der Waals surface area contributed by atoms with Crippen molar-refractivity contribution in [3.63, 3.8) is 0 Å². The van der Waals surface area contributed by atoms with Crippen molar-refractivity contribution in [1.29, 1.82) is 0 Å². The molecule has 2 aliphatic rings. The van der Waals surface area contributed by atoms with Gasteiger partial charge in [-0.15, -0.1) is 0 Å². The average molecular weight is 607 g/mol. The molecule has 5 nitrogen and oxygen atoms in total. The Morgan fingerprint density at radius 3 is 2.36 bits per heavy atom. The van der Waals surface area contributed by atoms with E-state index in [2.05, 4.69) is 31.2 Å². The van der Waals surface area contributed by atoms with Crippen molar-refractivity contribution in [2.45, 2.75) is 62.5 Å². The average Bonchev–Trinajstić information content (AvgIpc) is 3.35. The minimum absolute atomic E-state index is 0.0140. The number of carbonyl (C=O) groups is 1. The van der Waals surface area contributed by atoms with E-state index in [0.717, 1.165) is 27.4 Å². The molecule has 0 spiro atoms. The van der Waals surface area contributed by atoms with Crippen LogP contribution in [-0.2, 0) is 21.2 Å². The monoisotopic (exact) mass is 607 g/mol. The first-order valence-electron chi connectivity index (χ1n) is 13.3. The summed E-state index contributed by atoms with van der Waals surface area (Å²) >= 11 is 0.206. The van der Waals surface area contributed by atoms with Crippen molar-refractivity contribution in [3.8, 4) is 0 Å². The van der Waals surface area contributed by atoms with Crippen LogP contribution in [0.25, 0.3) is 10.9 Å². The van der Waals surface area contributed by atoms with Crippen molar-refractivity contribution in [2.24, 2.45) is 11.8 Å². The van der Waals surface area contributed by atoms with Gasteiger partial charge in [0.15, 0.2) is 0 Å². The fourth-order valence-corrected chi connectivity index (χ4v) is 10.4. The van der Waals surface area contributed by atoms with E-state index in [-0.39, 0.29) is 37.5 Å². The summed E-state index contributed by atoms with van der Waals surface area (Å²) in [5.41, 5.74) is 3.10. The number of aryl methyl sites for hydroxylation is 2. The summed E-state index contributed by atoms with van der Waals surface area (Å²) in [4.78, 5) is 14.3. The number of Topliss-reactive ketones (excluding diaryl/α,β-unsaturated/α-hetero) is 1. The van der Waals surface area contributed by atoms with Gasteiger partial charge in [-0.25, -0.2) is 0 Å². The number of rotatable bonds is 5. The molecule has 1 unspecified atom stereocenters. The van der Waals surface area contributed by atoms with Gasteiger partial charge in [-0.05, 0) is 6.92 Å². The van der Waals surface area contributed by atoms with Gasteiger partial charge in [0.25, 0.3) is 0 Å². The van der Waals surface area contributed by atoms with Crippen LogP contribution in [0.1, 0.15) is 47.8 Å². The standard InChI is InChI=1S/C32H33NO4SSe/c1-20-11-13-22(14-12-20)38(35,36)33-18-21(2)28-25-17-26-29(30(34)24(25)15-16-27(28)33)31(3,4)37-32(26,5)19-39-23-9-7-6-8-10-23/h6-16,18,26,29H,17,19H2,1-5H3/t26-,29+,32?/m1/s1. The molecule has 0 N–H and O–H groups in total. The third kappa shape index (κ3) is 4.22. The van der Waals surface area contributed by atoms with Crippen molar-refractivity contribution in [3.05, 3.63) is 95.2 Å². The number of hydrogen-bond donors (Lipinski definition) is 0. The SMILES string of the molecule is Cc1ccc(S(=O)(=O)n2cc(C)c3c4c(ccc32)C(=O)[C@@H]2[C@@H](C4)C(C)(C[Se]c3ccccc3)OC2(C)C)cc1. The second-order valence-corrected chi connectivity index (χ2v) is 15.7. The zero-order valence-electron chi connectivity index (χ0n) is 22.9. The number of hydrogen-bond acceptors (Lipinski definition) is 4. The summed E-state index contributed by atoms with van der Waals surface area (Å²) < 4.78 is 36.8. The van der Waals surface area contributed by atoms with Crippen LogP contribution in [-0.4, -0.2) is 44.3 Å². The maximum absolute atomic E-state index is 14.1. The van der Waals surface area contributed by atoms with Crippen molar-refractivity contribution in [2.75, 3.05) is 0 Å². The second kappa shape index (κ2) is 9.17. The first-order chi connectivity index (χ1) is 18.4. The van der Waals surface area contributed by atoms with Crippen LogP contribution in [0.5, 0.6) is 0 Å². The van der Waals surface area contributed by atoms with Gasteiger partial charge in [0.05, 0.1) is 0 Å². The summed E-state index contributed by atoms with van der Waals surface area (Å²) in [5, 5.41) is 1.74. The molecule has 4 aromatic rings.